The highest BCUT2D eigenvalue weighted by Crippen LogP contribution is 2.47. The van der Waals surface area contributed by atoms with E-state index in [0.717, 1.165) is 6.07 Å². The van der Waals surface area contributed by atoms with E-state index < -0.39 is 29.1 Å². The van der Waals surface area contributed by atoms with Gasteiger partial charge in [-0.1, -0.05) is 58.4 Å². The van der Waals surface area contributed by atoms with Crippen LogP contribution in [0.1, 0.15) is 6.92 Å². The van der Waals surface area contributed by atoms with Crippen LogP contribution in [-0.2, 0) is 15.3 Å². The molecule has 4 rings (SSSR count). The van der Waals surface area contributed by atoms with Gasteiger partial charge in [-0.25, -0.2) is 4.21 Å². The van der Waals surface area contributed by atoms with Crippen molar-refractivity contribution in [3.63, 3.8) is 0 Å². The van der Waals surface area contributed by atoms with Crippen LogP contribution in [0.5, 0.6) is 5.75 Å². The van der Waals surface area contributed by atoms with Crippen molar-refractivity contribution >= 4 is 48.6 Å². The van der Waals surface area contributed by atoms with E-state index in [1.54, 1.807) is 55.5 Å². The number of fused-ring (bicyclic) bond motifs is 2. The summed E-state index contributed by atoms with van der Waals surface area (Å²) in [4.78, 5) is 0.121. The van der Waals surface area contributed by atoms with Gasteiger partial charge in [0.2, 0.25) is 0 Å². The summed E-state index contributed by atoms with van der Waals surface area (Å²) in [6, 6.07) is 17.4. The van der Waals surface area contributed by atoms with Crippen LogP contribution in [0.25, 0.3) is 32.7 Å². The van der Waals surface area contributed by atoms with Crippen LogP contribution in [0.4, 0.5) is 22.0 Å². The molecule has 34 heavy (non-hydrogen) atoms. The third kappa shape index (κ3) is 4.54. The van der Waals surface area contributed by atoms with Gasteiger partial charge in [0, 0.05) is 15.6 Å². The topological polar surface area (TPSA) is 35.5 Å². The first-order valence-corrected chi connectivity index (χ1v) is 11.8. The van der Waals surface area contributed by atoms with Crippen LogP contribution >= 0.6 is 15.9 Å². The molecule has 3 nitrogen and oxygen atoms in total. The molecular formula is C24H16BrF5O3S. The highest BCUT2D eigenvalue weighted by Gasteiger charge is 2.61. The summed E-state index contributed by atoms with van der Waals surface area (Å²) in [5.41, 5.74) is 0.138. The number of ether oxygens (including phenoxy) is 1. The number of rotatable bonds is 6. The van der Waals surface area contributed by atoms with Crippen LogP contribution < -0.4 is 4.74 Å². The standard InChI is InChI=1S/C24H16BrF5O3S/c1-2-32-34(31)20-12-8-14-5-3-4-6-17(14)22(20)21-18-10-9-16(25)13-15(18)7-11-19(21)33-24(29,30)23(26,27)28/h3-13H,2H2,1H3. The van der Waals surface area contributed by atoms with Crippen molar-refractivity contribution in [1.29, 1.82) is 0 Å². The van der Waals surface area contributed by atoms with Crippen molar-refractivity contribution in [3.8, 4) is 16.9 Å². The number of benzene rings is 4. The van der Waals surface area contributed by atoms with Crippen molar-refractivity contribution in [2.45, 2.75) is 24.1 Å². The summed E-state index contributed by atoms with van der Waals surface area (Å²) in [5.74, 6) is -0.705. The molecule has 0 saturated carbocycles. The van der Waals surface area contributed by atoms with Crippen LogP contribution in [0.15, 0.2) is 76.1 Å². The molecule has 1 atom stereocenters. The zero-order valence-corrected chi connectivity index (χ0v) is 19.9. The number of hydrogen-bond donors (Lipinski definition) is 0. The highest BCUT2D eigenvalue weighted by atomic mass is 79.9. The fourth-order valence-electron chi connectivity index (χ4n) is 3.64. The minimum atomic E-state index is -5.94. The average Bonchev–Trinajstić information content (AvgIpc) is 2.77. The van der Waals surface area contributed by atoms with Gasteiger partial charge in [-0.15, -0.1) is 0 Å². The van der Waals surface area contributed by atoms with Crippen LogP contribution in [0, 0.1) is 0 Å². The van der Waals surface area contributed by atoms with Crippen LogP contribution in [-0.4, -0.2) is 23.1 Å². The fourth-order valence-corrected chi connectivity index (χ4v) is 4.92. The molecule has 1 unspecified atom stereocenters. The first kappa shape index (κ1) is 24.6. The molecule has 0 heterocycles. The summed E-state index contributed by atoms with van der Waals surface area (Å²) in [6.45, 7) is 1.73. The maximum Gasteiger partial charge on any atom is 0.499 e. The van der Waals surface area contributed by atoms with Crippen molar-refractivity contribution in [2.75, 3.05) is 6.61 Å². The molecule has 0 aliphatic rings. The number of halogens is 6. The van der Waals surface area contributed by atoms with Gasteiger partial charge >= 0.3 is 12.3 Å². The minimum absolute atomic E-state index is 0.0474. The zero-order chi connectivity index (χ0) is 24.7. The van der Waals surface area contributed by atoms with Gasteiger partial charge in [-0.2, -0.15) is 22.0 Å². The maximum atomic E-state index is 14.0. The van der Waals surface area contributed by atoms with Gasteiger partial charge in [0.05, 0.1) is 11.5 Å². The Morgan fingerprint density at radius 3 is 2.24 bits per heavy atom. The molecule has 10 heteroatoms. The molecule has 0 radical (unpaired) electrons. The number of alkyl halides is 5. The quantitative estimate of drug-likeness (QED) is 0.225. The van der Waals surface area contributed by atoms with Gasteiger partial charge in [-0.05, 0) is 52.7 Å². The summed E-state index contributed by atoms with van der Waals surface area (Å²) in [5, 5.41) is 2.04. The smallest absolute Gasteiger partial charge is 0.425 e. The van der Waals surface area contributed by atoms with Gasteiger partial charge in [0.1, 0.15) is 5.75 Å². The Balaban J connectivity index is 2.13. The van der Waals surface area contributed by atoms with Gasteiger partial charge in [-0.3, -0.25) is 4.18 Å². The van der Waals surface area contributed by atoms with Crippen molar-refractivity contribution < 1.29 is 35.1 Å². The van der Waals surface area contributed by atoms with E-state index in [2.05, 4.69) is 20.7 Å². The Morgan fingerprint density at radius 2 is 1.53 bits per heavy atom. The fraction of sp³-hybridized carbons (Fsp3) is 0.167. The van der Waals surface area contributed by atoms with E-state index in [0.29, 0.717) is 26.0 Å². The van der Waals surface area contributed by atoms with E-state index in [1.807, 2.05) is 0 Å². The lowest BCUT2D eigenvalue weighted by Gasteiger charge is -2.24. The molecule has 0 aliphatic heterocycles. The van der Waals surface area contributed by atoms with E-state index in [1.165, 1.54) is 12.1 Å². The van der Waals surface area contributed by atoms with Crippen molar-refractivity contribution in [3.05, 3.63) is 71.2 Å². The summed E-state index contributed by atoms with van der Waals surface area (Å²) in [6.07, 6.45) is -11.4. The lowest BCUT2D eigenvalue weighted by Crippen LogP contribution is -2.42. The second-order valence-corrected chi connectivity index (χ2v) is 9.28. The van der Waals surface area contributed by atoms with Crippen molar-refractivity contribution in [1.82, 2.24) is 0 Å². The lowest BCUT2D eigenvalue weighted by molar-refractivity contribution is -0.360. The molecule has 4 aromatic carbocycles. The predicted molar refractivity (Wildman–Crippen MR) is 124 cm³/mol. The summed E-state index contributed by atoms with van der Waals surface area (Å²) < 4.78 is 90.4. The summed E-state index contributed by atoms with van der Waals surface area (Å²) in [7, 11) is 0. The van der Waals surface area contributed by atoms with Gasteiger partial charge in [0.25, 0.3) is 0 Å². The Kier molecular flexibility index (Phi) is 6.67. The normalized spacial score (nSPS) is 13.4. The highest BCUT2D eigenvalue weighted by molar-refractivity contribution is 9.10. The largest absolute Gasteiger partial charge is 0.499 e. The Morgan fingerprint density at radius 1 is 0.853 bits per heavy atom. The molecular weight excluding hydrogens is 543 g/mol. The molecule has 0 aliphatic carbocycles. The molecule has 0 fully saturated rings. The van der Waals surface area contributed by atoms with E-state index >= 15 is 0 Å². The Labute approximate surface area is 202 Å². The summed E-state index contributed by atoms with van der Waals surface area (Å²) >= 11 is 1.31. The second-order valence-electron chi connectivity index (χ2n) is 7.22. The molecule has 0 N–H and O–H groups in total. The third-order valence-corrected chi connectivity index (χ3v) is 6.70. The molecule has 0 saturated heterocycles. The average molecular weight is 559 g/mol. The Hall–Kier alpha value is -2.56. The van der Waals surface area contributed by atoms with E-state index in [-0.39, 0.29) is 22.6 Å². The van der Waals surface area contributed by atoms with Gasteiger partial charge in [0.15, 0.2) is 11.1 Å². The zero-order valence-electron chi connectivity index (χ0n) is 17.5. The van der Waals surface area contributed by atoms with Crippen LogP contribution in [0.2, 0.25) is 0 Å². The molecule has 0 aromatic heterocycles. The Bertz CT molecular complexity index is 1410. The predicted octanol–water partition coefficient (Wildman–Crippen LogP) is 8.02. The lowest BCUT2D eigenvalue weighted by atomic mass is 9.93. The first-order valence-electron chi connectivity index (χ1n) is 9.96. The second kappa shape index (κ2) is 9.24. The third-order valence-electron chi connectivity index (χ3n) is 5.06. The molecule has 4 aromatic rings. The first-order chi connectivity index (χ1) is 16.0. The maximum absolute atomic E-state index is 14.0. The molecule has 0 spiro atoms. The number of hydrogen-bond acceptors (Lipinski definition) is 3. The van der Waals surface area contributed by atoms with Crippen molar-refractivity contribution in [2.24, 2.45) is 0 Å². The molecule has 0 bridgehead atoms. The van der Waals surface area contributed by atoms with E-state index in [9.17, 15) is 26.2 Å². The van der Waals surface area contributed by atoms with E-state index in [4.69, 9.17) is 4.18 Å². The van der Waals surface area contributed by atoms with Gasteiger partial charge < -0.3 is 4.74 Å². The molecule has 178 valence electrons. The SMILES string of the molecule is CCOS(=O)c1ccc2ccccc2c1-c1c(OC(F)(F)C(F)(F)F)ccc2cc(Br)ccc12. The van der Waals surface area contributed by atoms with Crippen LogP contribution in [0.3, 0.4) is 0 Å². The minimum Gasteiger partial charge on any atom is -0.425 e. The monoisotopic (exact) mass is 558 g/mol. The molecule has 0 amide bonds.